The normalized spacial score (nSPS) is 15.1. The summed E-state index contributed by atoms with van der Waals surface area (Å²) in [7, 11) is 0. The Balaban J connectivity index is 1.47. The van der Waals surface area contributed by atoms with Crippen LogP contribution in [0.1, 0.15) is 18.0 Å². The highest BCUT2D eigenvalue weighted by Crippen LogP contribution is 2.13. The zero-order valence-electron chi connectivity index (χ0n) is 12.7. The predicted octanol–water partition coefficient (Wildman–Crippen LogP) is 1.66. The molecule has 1 fully saturated rings. The zero-order valence-corrected chi connectivity index (χ0v) is 12.7. The first kappa shape index (κ1) is 14.6. The number of anilines is 1. The van der Waals surface area contributed by atoms with Crippen molar-refractivity contribution >= 4 is 11.7 Å². The van der Waals surface area contributed by atoms with Gasteiger partial charge in [-0.15, -0.1) is 0 Å². The summed E-state index contributed by atoms with van der Waals surface area (Å²) >= 11 is 0. The smallest absolute Gasteiger partial charge is 0.223 e. The van der Waals surface area contributed by atoms with E-state index >= 15 is 0 Å². The van der Waals surface area contributed by atoms with Gasteiger partial charge >= 0.3 is 0 Å². The summed E-state index contributed by atoms with van der Waals surface area (Å²) in [5.41, 5.74) is 0.845. The lowest BCUT2D eigenvalue weighted by Gasteiger charge is -2.35. The fourth-order valence-corrected chi connectivity index (χ4v) is 2.64. The van der Waals surface area contributed by atoms with Gasteiger partial charge in [-0.05, 0) is 12.1 Å². The van der Waals surface area contributed by atoms with Crippen molar-refractivity contribution in [1.29, 1.82) is 0 Å². The van der Waals surface area contributed by atoms with Gasteiger partial charge in [0.1, 0.15) is 12.1 Å². The molecule has 0 unspecified atom stereocenters. The number of piperazine rings is 1. The fraction of sp³-hybridized carbons (Fsp3) is 0.438. The molecule has 3 rings (SSSR count). The molecule has 2 aromatic rings. The highest BCUT2D eigenvalue weighted by molar-refractivity contribution is 5.76. The number of carbonyl (C=O) groups excluding carboxylic acids is 1. The third-order valence-electron chi connectivity index (χ3n) is 3.87. The maximum absolute atomic E-state index is 12.3. The molecule has 0 radical (unpaired) electrons. The Labute approximate surface area is 129 Å². The second-order valence-electron chi connectivity index (χ2n) is 5.41. The molecule has 0 aromatic carbocycles. The first-order chi connectivity index (χ1) is 10.7. The Morgan fingerprint density at radius 2 is 2.09 bits per heavy atom. The molecule has 0 atom stereocenters. The van der Waals surface area contributed by atoms with Crippen molar-refractivity contribution in [2.24, 2.45) is 0 Å². The number of carbonyl (C=O) groups is 1. The molecule has 0 bridgehead atoms. The summed E-state index contributed by atoms with van der Waals surface area (Å²) in [6.07, 6.45) is 4.54. The number of aromatic nitrogens is 2. The maximum Gasteiger partial charge on any atom is 0.223 e. The van der Waals surface area contributed by atoms with Crippen LogP contribution in [0.2, 0.25) is 0 Å². The fourth-order valence-electron chi connectivity index (χ4n) is 2.64. The summed E-state index contributed by atoms with van der Waals surface area (Å²) in [4.78, 5) is 25.0. The quantitative estimate of drug-likeness (QED) is 0.859. The van der Waals surface area contributed by atoms with E-state index in [2.05, 4.69) is 14.9 Å². The topological polar surface area (TPSA) is 62.5 Å². The molecule has 0 N–H and O–H groups in total. The number of rotatable bonds is 4. The van der Waals surface area contributed by atoms with Gasteiger partial charge in [0.2, 0.25) is 5.91 Å². The van der Waals surface area contributed by atoms with Crippen LogP contribution in [0.5, 0.6) is 0 Å². The number of oxazole rings is 1. The number of aryl methyl sites for hydroxylation is 2. The van der Waals surface area contributed by atoms with Crippen LogP contribution in [0.15, 0.2) is 35.1 Å². The number of hydrogen-bond donors (Lipinski definition) is 0. The van der Waals surface area contributed by atoms with E-state index in [9.17, 15) is 4.79 Å². The van der Waals surface area contributed by atoms with Crippen LogP contribution in [0.25, 0.3) is 0 Å². The molecule has 1 saturated heterocycles. The number of amides is 1. The largest absolute Gasteiger partial charge is 0.449 e. The second-order valence-corrected chi connectivity index (χ2v) is 5.41. The van der Waals surface area contributed by atoms with Gasteiger partial charge in [-0.2, -0.15) is 0 Å². The number of hydrogen-bond acceptors (Lipinski definition) is 5. The van der Waals surface area contributed by atoms with E-state index in [1.807, 2.05) is 30.0 Å². The van der Waals surface area contributed by atoms with E-state index < -0.39 is 0 Å². The molecule has 3 heterocycles. The molecular formula is C16H20N4O2. The molecule has 116 valence electrons. The van der Waals surface area contributed by atoms with Crippen molar-refractivity contribution in [1.82, 2.24) is 14.9 Å². The average Bonchev–Trinajstić information content (AvgIpc) is 2.99. The Morgan fingerprint density at radius 1 is 1.27 bits per heavy atom. The number of nitrogens with zero attached hydrogens (tertiary/aromatic N) is 4. The molecular weight excluding hydrogens is 280 g/mol. The molecule has 1 amide bonds. The average molecular weight is 300 g/mol. The molecule has 1 aliphatic heterocycles. The minimum absolute atomic E-state index is 0.182. The summed E-state index contributed by atoms with van der Waals surface area (Å²) in [5, 5.41) is 0. The van der Waals surface area contributed by atoms with Gasteiger partial charge in [-0.25, -0.2) is 9.97 Å². The van der Waals surface area contributed by atoms with Gasteiger partial charge in [0.05, 0.1) is 5.69 Å². The lowest BCUT2D eigenvalue weighted by molar-refractivity contribution is -0.131. The Hall–Kier alpha value is -2.37. The van der Waals surface area contributed by atoms with Crippen LogP contribution in [0, 0.1) is 6.92 Å². The van der Waals surface area contributed by atoms with E-state index in [0.717, 1.165) is 37.7 Å². The van der Waals surface area contributed by atoms with Gasteiger partial charge < -0.3 is 14.2 Å². The minimum atomic E-state index is 0.182. The van der Waals surface area contributed by atoms with Crippen LogP contribution < -0.4 is 4.90 Å². The first-order valence-corrected chi connectivity index (χ1v) is 7.57. The first-order valence-electron chi connectivity index (χ1n) is 7.57. The molecule has 0 aliphatic carbocycles. The maximum atomic E-state index is 12.3. The molecule has 6 heteroatoms. The van der Waals surface area contributed by atoms with E-state index in [1.54, 1.807) is 12.5 Å². The SMILES string of the molecule is Cc1nc(CCC(=O)N2CCN(c3ccccn3)CC2)co1. The highest BCUT2D eigenvalue weighted by Gasteiger charge is 2.21. The van der Waals surface area contributed by atoms with Crippen molar-refractivity contribution < 1.29 is 9.21 Å². The van der Waals surface area contributed by atoms with E-state index in [0.29, 0.717) is 18.7 Å². The molecule has 0 saturated carbocycles. The van der Waals surface area contributed by atoms with Crippen molar-refractivity contribution in [3.05, 3.63) is 42.2 Å². The number of pyridine rings is 1. The summed E-state index contributed by atoms with van der Waals surface area (Å²) in [5.74, 6) is 1.81. The van der Waals surface area contributed by atoms with Crippen LogP contribution in [0.3, 0.4) is 0 Å². The Kier molecular flexibility index (Phi) is 4.37. The molecule has 1 aliphatic rings. The highest BCUT2D eigenvalue weighted by atomic mass is 16.3. The second kappa shape index (κ2) is 6.60. The third-order valence-corrected chi connectivity index (χ3v) is 3.87. The Bertz CT molecular complexity index is 618. The van der Waals surface area contributed by atoms with Gasteiger partial charge in [-0.1, -0.05) is 6.07 Å². The van der Waals surface area contributed by atoms with Crippen molar-refractivity contribution in [2.75, 3.05) is 31.1 Å². The van der Waals surface area contributed by atoms with Gasteiger partial charge in [0.25, 0.3) is 0 Å². The standard InChI is InChI=1S/C16H20N4O2/c1-13-18-14(12-22-13)5-6-16(21)20-10-8-19(9-11-20)15-4-2-3-7-17-15/h2-4,7,12H,5-6,8-11H2,1H3. The lowest BCUT2D eigenvalue weighted by Crippen LogP contribution is -2.49. The summed E-state index contributed by atoms with van der Waals surface area (Å²) in [6, 6.07) is 5.90. The van der Waals surface area contributed by atoms with Crippen molar-refractivity contribution in [3.8, 4) is 0 Å². The zero-order chi connectivity index (χ0) is 15.4. The predicted molar refractivity (Wildman–Crippen MR) is 82.6 cm³/mol. The van der Waals surface area contributed by atoms with Crippen LogP contribution in [0.4, 0.5) is 5.82 Å². The Morgan fingerprint density at radius 3 is 2.73 bits per heavy atom. The van der Waals surface area contributed by atoms with E-state index in [-0.39, 0.29) is 5.91 Å². The summed E-state index contributed by atoms with van der Waals surface area (Å²) < 4.78 is 5.16. The van der Waals surface area contributed by atoms with Crippen LogP contribution in [-0.2, 0) is 11.2 Å². The minimum Gasteiger partial charge on any atom is -0.449 e. The van der Waals surface area contributed by atoms with Gasteiger partial charge in [-0.3, -0.25) is 4.79 Å². The van der Waals surface area contributed by atoms with Crippen molar-refractivity contribution in [3.63, 3.8) is 0 Å². The van der Waals surface area contributed by atoms with Crippen molar-refractivity contribution in [2.45, 2.75) is 19.8 Å². The van der Waals surface area contributed by atoms with Crippen LogP contribution in [-0.4, -0.2) is 47.0 Å². The molecule has 22 heavy (non-hydrogen) atoms. The van der Waals surface area contributed by atoms with Gasteiger partial charge in [0.15, 0.2) is 5.89 Å². The van der Waals surface area contributed by atoms with Gasteiger partial charge in [0, 0.05) is 52.1 Å². The lowest BCUT2D eigenvalue weighted by atomic mass is 10.2. The van der Waals surface area contributed by atoms with E-state index in [4.69, 9.17) is 4.42 Å². The van der Waals surface area contributed by atoms with E-state index in [1.165, 1.54) is 0 Å². The molecule has 2 aromatic heterocycles. The van der Waals surface area contributed by atoms with Crippen LogP contribution >= 0.6 is 0 Å². The molecule has 6 nitrogen and oxygen atoms in total. The monoisotopic (exact) mass is 300 g/mol. The summed E-state index contributed by atoms with van der Waals surface area (Å²) in [6.45, 7) is 4.94. The molecule has 0 spiro atoms. The third kappa shape index (κ3) is 3.44.